The lowest BCUT2D eigenvalue weighted by molar-refractivity contribution is 0.0897. The van der Waals surface area contributed by atoms with E-state index >= 15 is 0 Å². The van der Waals surface area contributed by atoms with Crippen molar-refractivity contribution in [3.05, 3.63) is 18.2 Å². The van der Waals surface area contributed by atoms with Crippen molar-refractivity contribution in [1.82, 2.24) is 9.55 Å². The van der Waals surface area contributed by atoms with Crippen molar-refractivity contribution in [2.75, 3.05) is 0 Å². The van der Waals surface area contributed by atoms with Crippen LogP contribution in [0.15, 0.2) is 12.4 Å². The van der Waals surface area contributed by atoms with Crippen molar-refractivity contribution in [1.29, 1.82) is 0 Å². The lowest BCUT2D eigenvalue weighted by Gasteiger charge is -2.21. The van der Waals surface area contributed by atoms with Gasteiger partial charge in [-0.2, -0.15) is 0 Å². The van der Waals surface area contributed by atoms with Crippen molar-refractivity contribution < 1.29 is 5.11 Å². The quantitative estimate of drug-likeness (QED) is 0.794. The first-order valence-electron chi connectivity index (χ1n) is 5.16. The first-order valence-corrected chi connectivity index (χ1v) is 5.16. The Balaban J connectivity index is 2.57. The molecule has 3 heteroatoms. The molecule has 0 spiro atoms. The number of aromatic nitrogens is 2. The Bertz CT molecular complexity index is 281. The zero-order chi connectivity index (χ0) is 10.7. The summed E-state index contributed by atoms with van der Waals surface area (Å²) in [5, 5.41) is 9.93. The Kier molecular flexibility index (Phi) is 3.69. The Hall–Kier alpha value is -0.830. The Morgan fingerprint density at radius 3 is 2.50 bits per heavy atom. The molecule has 1 heterocycles. The monoisotopic (exact) mass is 196 g/mol. The Labute approximate surface area is 85.8 Å². The summed E-state index contributed by atoms with van der Waals surface area (Å²) in [6.07, 6.45) is 4.02. The molecule has 1 rings (SSSR count). The molecule has 0 aliphatic heterocycles. The maximum atomic E-state index is 9.93. The van der Waals surface area contributed by atoms with Crippen LogP contribution in [0, 0.1) is 11.8 Å². The predicted molar refractivity (Wildman–Crippen MR) is 56.9 cm³/mol. The van der Waals surface area contributed by atoms with E-state index in [2.05, 4.69) is 25.8 Å². The third kappa shape index (κ3) is 2.58. The molecule has 0 fully saturated rings. The van der Waals surface area contributed by atoms with E-state index in [4.69, 9.17) is 0 Å². The smallest absolute Gasteiger partial charge is 0.110 e. The predicted octanol–water partition coefficient (Wildman–Crippen LogP) is 1.62. The fraction of sp³-hybridized carbons (Fsp3) is 0.727. The molecule has 0 saturated carbocycles. The number of aryl methyl sites for hydroxylation is 1. The minimum Gasteiger partial charge on any atom is -0.392 e. The van der Waals surface area contributed by atoms with Gasteiger partial charge >= 0.3 is 0 Å². The molecule has 1 aromatic rings. The summed E-state index contributed by atoms with van der Waals surface area (Å²) >= 11 is 0. The van der Waals surface area contributed by atoms with Crippen LogP contribution in [0.5, 0.6) is 0 Å². The molecule has 3 nitrogen and oxygen atoms in total. The standard InChI is InChI=1S/C11H20N2O/c1-8(2)9(3)10(14)7-11-12-5-6-13(11)4/h5-6,8-10,14H,7H2,1-4H3. The van der Waals surface area contributed by atoms with Crippen LogP contribution in [0.25, 0.3) is 0 Å². The first kappa shape index (κ1) is 11.2. The van der Waals surface area contributed by atoms with Crippen molar-refractivity contribution in [3.8, 4) is 0 Å². The lowest BCUT2D eigenvalue weighted by Crippen LogP contribution is -2.25. The molecule has 0 saturated heterocycles. The molecule has 2 atom stereocenters. The number of hydrogen-bond acceptors (Lipinski definition) is 2. The van der Waals surface area contributed by atoms with Gasteiger partial charge in [0, 0.05) is 25.9 Å². The van der Waals surface area contributed by atoms with Gasteiger partial charge in [-0.25, -0.2) is 4.98 Å². The number of nitrogens with zero attached hydrogens (tertiary/aromatic N) is 2. The van der Waals surface area contributed by atoms with Crippen molar-refractivity contribution in [2.24, 2.45) is 18.9 Å². The van der Waals surface area contributed by atoms with Crippen molar-refractivity contribution >= 4 is 0 Å². The highest BCUT2D eigenvalue weighted by Gasteiger charge is 2.19. The van der Waals surface area contributed by atoms with Crippen LogP contribution in [-0.4, -0.2) is 20.8 Å². The van der Waals surface area contributed by atoms with E-state index in [1.54, 1.807) is 6.20 Å². The molecular weight excluding hydrogens is 176 g/mol. The molecule has 14 heavy (non-hydrogen) atoms. The highest BCUT2D eigenvalue weighted by Crippen LogP contribution is 2.17. The molecule has 0 aliphatic carbocycles. The van der Waals surface area contributed by atoms with Gasteiger partial charge in [0.2, 0.25) is 0 Å². The van der Waals surface area contributed by atoms with Crippen LogP contribution in [0.2, 0.25) is 0 Å². The molecule has 0 aromatic carbocycles. The summed E-state index contributed by atoms with van der Waals surface area (Å²) in [6.45, 7) is 6.34. The van der Waals surface area contributed by atoms with Gasteiger partial charge in [-0.1, -0.05) is 20.8 Å². The van der Waals surface area contributed by atoms with Gasteiger partial charge in [0.15, 0.2) is 0 Å². The molecule has 2 unspecified atom stereocenters. The largest absolute Gasteiger partial charge is 0.392 e. The second-order valence-corrected chi connectivity index (χ2v) is 4.33. The van der Waals surface area contributed by atoms with Gasteiger partial charge in [-0.3, -0.25) is 0 Å². The third-order valence-electron chi connectivity index (χ3n) is 2.97. The van der Waals surface area contributed by atoms with Gasteiger partial charge in [-0.15, -0.1) is 0 Å². The Morgan fingerprint density at radius 1 is 1.43 bits per heavy atom. The molecule has 0 bridgehead atoms. The van der Waals surface area contributed by atoms with Crippen molar-refractivity contribution in [3.63, 3.8) is 0 Å². The molecule has 0 radical (unpaired) electrons. The zero-order valence-electron chi connectivity index (χ0n) is 9.44. The highest BCUT2D eigenvalue weighted by molar-refractivity contribution is 4.93. The van der Waals surface area contributed by atoms with E-state index in [1.807, 2.05) is 17.8 Å². The molecule has 1 aromatic heterocycles. The number of aliphatic hydroxyl groups is 1. The first-order chi connectivity index (χ1) is 6.52. The number of aliphatic hydroxyl groups excluding tert-OH is 1. The summed E-state index contributed by atoms with van der Waals surface area (Å²) in [4.78, 5) is 4.20. The SMILES string of the molecule is CC(C)C(C)C(O)Cc1nccn1C. The van der Waals surface area contributed by atoms with Gasteiger partial charge < -0.3 is 9.67 Å². The van der Waals surface area contributed by atoms with Crippen LogP contribution in [0.1, 0.15) is 26.6 Å². The van der Waals surface area contributed by atoms with Gasteiger partial charge in [0.25, 0.3) is 0 Å². The summed E-state index contributed by atoms with van der Waals surface area (Å²) < 4.78 is 1.95. The molecule has 80 valence electrons. The fourth-order valence-corrected chi connectivity index (χ4v) is 1.41. The number of rotatable bonds is 4. The maximum absolute atomic E-state index is 9.93. The highest BCUT2D eigenvalue weighted by atomic mass is 16.3. The molecule has 0 amide bonds. The molecule has 1 N–H and O–H groups in total. The van der Waals surface area contributed by atoms with Crippen LogP contribution in [0.3, 0.4) is 0 Å². The second-order valence-electron chi connectivity index (χ2n) is 4.33. The maximum Gasteiger partial charge on any atom is 0.110 e. The second kappa shape index (κ2) is 4.60. The summed E-state index contributed by atoms with van der Waals surface area (Å²) in [6, 6.07) is 0. The van der Waals surface area contributed by atoms with Crippen LogP contribution in [-0.2, 0) is 13.5 Å². The lowest BCUT2D eigenvalue weighted by atomic mass is 9.90. The summed E-state index contributed by atoms with van der Waals surface area (Å²) in [5.41, 5.74) is 0. The summed E-state index contributed by atoms with van der Waals surface area (Å²) in [5.74, 6) is 1.77. The van der Waals surface area contributed by atoms with E-state index in [1.165, 1.54) is 0 Å². The average Bonchev–Trinajstić information content (AvgIpc) is 2.50. The number of imidazole rings is 1. The van der Waals surface area contributed by atoms with E-state index in [-0.39, 0.29) is 6.10 Å². The fourth-order valence-electron chi connectivity index (χ4n) is 1.41. The van der Waals surface area contributed by atoms with Crippen molar-refractivity contribution in [2.45, 2.75) is 33.3 Å². The van der Waals surface area contributed by atoms with E-state index in [0.717, 1.165) is 5.82 Å². The zero-order valence-corrected chi connectivity index (χ0v) is 9.44. The Morgan fingerprint density at radius 2 is 2.07 bits per heavy atom. The number of hydrogen-bond donors (Lipinski definition) is 1. The van der Waals surface area contributed by atoms with Gasteiger partial charge in [-0.05, 0) is 11.8 Å². The van der Waals surface area contributed by atoms with Crippen LogP contribution in [0.4, 0.5) is 0 Å². The molecular formula is C11H20N2O. The average molecular weight is 196 g/mol. The van der Waals surface area contributed by atoms with E-state index in [9.17, 15) is 5.11 Å². The topological polar surface area (TPSA) is 38.1 Å². The summed E-state index contributed by atoms with van der Waals surface area (Å²) in [7, 11) is 1.95. The van der Waals surface area contributed by atoms with Crippen LogP contribution >= 0.6 is 0 Å². The van der Waals surface area contributed by atoms with E-state index in [0.29, 0.717) is 18.3 Å². The minimum atomic E-state index is -0.295. The van der Waals surface area contributed by atoms with E-state index < -0.39 is 0 Å². The normalized spacial score (nSPS) is 15.9. The molecule has 0 aliphatic rings. The van der Waals surface area contributed by atoms with Gasteiger partial charge in [0.1, 0.15) is 5.82 Å². The van der Waals surface area contributed by atoms with Crippen LogP contribution < -0.4 is 0 Å². The van der Waals surface area contributed by atoms with Gasteiger partial charge in [0.05, 0.1) is 6.10 Å². The third-order valence-corrected chi connectivity index (χ3v) is 2.97. The minimum absolute atomic E-state index is 0.295.